The van der Waals surface area contributed by atoms with Gasteiger partial charge in [0.2, 0.25) is 0 Å². The average Bonchev–Trinajstić information content (AvgIpc) is 2.48. The van der Waals surface area contributed by atoms with Crippen LogP contribution in [0.1, 0.15) is 39.2 Å². The number of hydrogen-bond donors (Lipinski definition) is 1. The van der Waals surface area contributed by atoms with Crippen LogP contribution in [0.3, 0.4) is 0 Å². The maximum Gasteiger partial charge on any atom is 0.410 e. The first-order chi connectivity index (χ1) is 11.1. The molecule has 0 radical (unpaired) electrons. The number of piperidine rings is 1. The van der Waals surface area contributed by atoms with Crippen molar-refractivity contribution in [3.63, 3.8) is 0 Å². The standard InChI is InChI=1S/C18H24BrNO4/c1-17(2,3)24-16(23)20-10-6-9-18(12-20,15(21)22)11-13-7-4-5-8-14(13)19/h4-5,7-8H,6,9-12H2,1-3H3,(H,21,22)/t18-/m0/s1. The third-order valence-electron chi connectivity index (χ3n) is 4.17. The smallest absolute Gasteiger partial charge is 0.410 e. The van der Waals surface area contributed by atoms with Gasteiger partial charge in [0.15, 0.2) is 0 Å². The molecule has 1 aliphatic rings. The van der Waals surface area contributed by atoms with Gasteiger partial charge in [0.05, 0.1) is 5.41 Å². The number of hydrogen-bond acceptors (Lipinski definition) is 3. The summed E-state index contributed by atoms with van der Waals surface area (Å²) in [5.74, 6) is -0.869. The van der Waals surface area contributed by atoms with Crippen LogP contribution in [0.25, 0.3) is 0 Å². The van der Waals surface area contributed by atoms with Crippen LogP contribution in [0.15, 0.2) is 28.7 Å². The molecule has 6 heteroatoms. The van der Waals surface area contributed by atoms with Gasteiger partial charge in [-0.25, -0.2) is 4.79 Å². The van der Waals surface area contributed by atoms with Crippen molar-refractivity contribution < 1.29 is 19.4 Å². The van der Waals surface area contributed by atoms with Crippen LogP contribution in [-0.4, -0.2) is 40.8 Å². The molecule has 1 aliphatic heterocycles. The van der Waals surface area contributed by atoms with Crippen molar-refractivity contribution in [2.75, 3.05) is 13.1 Å². The molecule has 0 saturated carbocycles. The Labute approximate surface area is 151 Å². The zero-order valence-electron chi connectivity index (χ0n) is 14.3. The third kappa shape index (κ3) is 4.50. The van der Waals surface area contributed by atoms with Crippen LogP contribution in [0.5, 0.6) is 0 Å². The van der Waals surface area contributed by atoms with Gasteiger partial charge in [-0.2, -0.15) is 0 Å². The van der Waals surface area contributed by atoms with Crippen molar-refractivity contribution >= 4 is 28.0 Å². The highest BCUT2D eigenvalue weighted by Crippen LogP contribution is 2.36. The SMILES string of the molecule is CC(C)(C)OC(=O)N1CCC[C@@](Cc2ccccc2Br)(C(=O)O)C1. The molecule has 1 atom stereocenters. The van der Waals surface area contributed by atoms with Crippen LogP contribution in [-0.2, 0) is 16.0 Å². The van der Waals surface area contributed by atoms with E-state index in [9.17, 15) is 14.7 Å². The maximum absolute atomic E-state index is 12.3. The van der Waals surface area contributed by atoms with Gasteiger partial charge in [0.1, 0.15) is 5.60 Å². The number of nitrogens with zero attached hydrogens (tertiary/aromatic N) is 1. The van der Waals surface area contributed by atoms with Gasteiger partial charge in [-0.15, -0.1) is 0 Å². The van der Waals surface area contributed by atoms with Crippen molar-refractivity contribution in [2.24, 2.45) is 5.41 Å². The number of rotatable bonds is 3. The first kappa shape index (κ1) is 18.8. The minimum absolute atomic E-state index is 0.165. The molecule has 0 unspecified atom stereocenters. The number of carbonyl (C=O) groups is 2. The van der Waals surface area contributed by atoms with Crippen LogP contribution in [0, 0.1) is 5.41 Å². The molecule has 0 aromatic heterocycles. The lowest BCUT2D eigenvalue weighted by Gasteiger charge is -2.40. The topological polar surface area (TPSA) is 66.8 Å². The van der Waals surface area contributed by atoms with E-state index in [-0.39, 0.29) is 6.54 Å². The highest BCUT2D eigenvalue weighted by Gasteiger charge is 2.44. The Morgan fingerprint density at radius 1 is 1.33 bits per heavy atom. The van der Waals surface area contributed by atoms with Gasteiger partial charge in [0.25, 0.3) is 0 Å². The number of carboxylic acids is 1. The molecular formula is C18H24BrNO4. The summed E-state index contributed by atoms with van der Waals surface area (Å²) in [6.07, 6.45) is 1.13. The quantitative estimate of drug-likeness (QED) is 0.833. The fourth-order valence-electron chi connectivity index (χ4n) is 3.01. The molecule has 1 amide bonds. The summed E-state index contributed by atoms with van der Waals surface area (Å²) in [6.45, 7) is 6.11. The molecule has 1 aromatic carbocycles. The molecule has 132 valence electrons. The van der Waals surface area contributed by atoms with Crippen LogP contribution in [0.2, 0.25) is 0 Å². The van der Waals surface area contributed by atoms with Gasteiger partial charge >= 0.3 is 12.1 Å². The molecule has 0 spiro atoms. The Kier molecular flexibility index (Phi) is 5.58. The predicted molar refractivity (Wildman–Crippen MR) is 95.0 cm³/mol. The van der Waals surface area contributed by atoms with Crippen molar-refractivity contribution in [3.8, 4) is 0 Å². The lowest BCUT2D eigenvalue weighted by molar-refractivity contribution is -0.152. The molecule has 5 nitrogen and oxygen atoms in total. The molecule has 0 bridgehead atoms. The summed E-state index contributed by atoms with van der Waals surface area (Å²) in [4.78, 5) is 25.9. The second-order valence-electron chi connectivity index (χ2n) is 7.36. The van der Waals surface area contributed by atoms with E-state index in [0.717, 1.165) is 10.0 Å². The number of amides is 1. The summed E-state index contributed by atoms with van der Waals surface area (Å²) < 4.78 is 6.30. The van der Waals surface area contributed by atoms with Gasteiger partial charge in [-0.3, -0.25) is 4.79 Å². The summed E-state index contributed by atoms with van der Waals surface area (Å²) in [7, 11) is 0. The first-order valence-corrected chi connectivity index (χ1v) is 8.87. The third-order valence-corrected chi connectivity index (χ3v) is 4.94. The second kappa shape index (κ2) is 7.13. The van der Waals surface area contributed by atoms with Crippen molar-refractivity contribution in [1.82, 2.24) is 4.90 Å². The van der Waals surface area contributed by atoms with Gasteiger partial charge in [0, 0.05) is 17.6 Å². The number of carbonyl (C=O) groups excluding carboxylic acids is 1. The highest BCUT2D eigenvalue weighted by molar-refractivity contribution is 9.10. The van der Waals surface area contributed by atoms with Crippen molar-refractivity contribution in [1.29, 1.82) is 0 Å². The van der Waals surface area contributed by atoms with Gasteiger partial charge in [-0.05, 0) is 51.7 Å². The van der Waals surface area contributed by atoms with Crippen molar-refractivity contribution in [2.45, 2.75) is 45.6 Å². The van der Waals surface area contributed by atoms with E-state index < -0.39 is 23.1 Å². The number of likely N-dealkylation sites (tertiary alicyclic amines) is 1. The van der Waals surface area contributed by atoms with E-state index in [2.05, 4.69) is 15.9 Å². The molecule has 24 heavy (non-hydrogen) atoms. The number of carboxylic acid groups (broad SMARTS) is 1. The van der Waals surface area contributed by atoms with Gasteiger partial charge in [-0.1, -0.05) is 34.1 Å². The molecule has 1 N–H and O–H groups in total. The minimum Gasteiger partial charge on any atom is -0.481 e. The van der Waals surface area contributed by atoms with E-state index in [0.29, 0.717) is 25.8 Å². The Bertz CT molecular complexity index is 626. The normalized spacial score (nSPS) is 21.4. The van der Waals surface area contributed by atoms with Crippen LogP contribution in [0.4, 0.5) is 4.79 Å². The molecule has 0 aliphatic carbocycles. The lowest BCUT2D eigenvalue weighted by Crippen LogP contribution is -2.52. The molecular weight excluding hydrogens is 374 g/mol. The second-order valence-corrected chi connectivity index (χ2v) is 8.21. The van der Waals surface area contributed by atoms with E-state index >= 15 is 0 Å². The Hall–Kier alpha value is -1.56. The Morgan fingerprint density at radius 3 is 2.58 bits per heavy atom. The Balaban J connectivity index is 2.21. The molecule has 2 rings (SSSR count). The van der Waals surface area contributed by atoms with E-state index in [4.69, 9.17) is 4.74 Å². The zero-order valence-corrected chi connectivity index (χ0v) is 15.9. The number of ether oxygens (including phenoxy) is 1. The van der Waals surface area contributed by atoms with Crippen LogP contribution >= 0.6 is 15.9 Å². The van der Waals surface area contributed by atoms with Crippen molar-refractivity contribution in [3.05, 3.63) is 34.3 Å². The van der Waals surface area contributed by atoms with E-state index in [1.54, 1.807) is 20.8 Å². The maximum atomic E-state index is 12.3. The fourth-order valence-corrected chi connectivity index (χ4v) is 3.44. The Morgan fingerprint density at radius 2 is 2.00 bits per heavy atom. The molecule has 1 aromatic rings. The minimum atomic E-state index is -0.987. The molecule has 1 heterocycles. The summed E-state index contributed by atoms with van der Waals surface area (Å²) >= 11 is 3.48. The zero-order chi connectivity index (χ0) is 18.0. The largest absolute Gasteiger partial charge is 0.481 e. The lowest BCUT2D eigenvalue weighted by atomic mass is 9.75. The molecule has 1 saturated heterocycles. The fraction of sp³-hybridized carbons (Fsp3) is 0.556. The highest BCUT2D eigenvalue weighted by atomic mass is 79.9. The van der Waals surface area contributed by atoms with E-state index in [1.807, 2.05) is 24.3 Å². The average molecular weight is 398 g/mol. The summed E-state index contributed by atoms with van der Waals surface area (Å²) in [5.41, 5.74) is -0.645. The summed E-state index contributed by atoms with van der Waals surface area (Å²) in [6, 6.07) is 7.61. The van der Waals surface area contributed by atoms with Crippen LogP contribution < -0.4 is 0 Å². The number of halogens is 1. The molecule has 1 fully saturated rings. The predicted octanol–water partition coefficient (Wildman–Crippen LogP) is 4.09. The summed E-state index contributed by atoms with van der Waals surface area (Å²) in [5, 5.41) is 9.88. The number of benzene rings is 1. The monoisotopic (exact) mass is 397 g/mol. The number of aliphatic carboxylic acids is 1. The van der Waals surface area contributed by atoms with E-state index in [1.165, 1.54) is 4.90 Å². The first-order valence-electron chi connectivity index (χ1n) is 8.08. The van der Waals surface area contributed by atoms with Gasteiger partial charge < -0.3 is 14.7 Å².